The van der Waals surface area contributed by atoms with E-state index in [4.69, 9.17) is 25.8 Å². The van der Waals surface area contributed by atoms with E-state index in [-0.39, 0.29) is 10.5 Å². The standard InChI is InChI=1S/C28H28ClFN4O5S/c1-37-26-17-25-23(16-27(26)39-12-2-9-34-10-13-38-14-11-34)28(32-18-31-25)22-8-7-21(15-24(22)30)40(35,36)33-20-5-3-19(29)4-6-20/h3-8,15-18,33H,2,9-14H2,1H3. The molecule has 0 radical (unpaired) electrons. The first-order chi connectivity index (χ1) is 19.3. The molecule has 2 heterocycles. The third kappa shape index (κ3) is 6.44. The minimum Gasteiger partial charge on any atom is -0.493 e. The molecule has 5 rings (SSSR count). The molecule has 1 fully saturated rings. The summed E-state index contributed by atoms with van der Waals surface area (Å²) in [6.07, 6.45) is 2.14. The van der Waals surface area contributed by atoms with Crippen LogP contribution in [0.15, 0.2) is 65.8 Å². The quantitative estimate of drug-likeness (QED) is 0.259. The van der Waals surface area contributed by atoms with Gasteiger partial charge in [-0.05, 0) is 55.0 Å². The van der Waals surface area contributed by atoms with E-state index < -0.39 is 15.8 Å². The Morgan fingerprint density at radius 1 is 1.05 bits per heavy atom. The van der Waals surface area contributed by atoms with Crippen molar-refractivity contribution in [3.05, 3.63) is 71.8 Å². The van der Waals surface area contributed by atoms with Gasteiger partial charge in [0.05, 0.1) is 43.0 Å². The molecule has 4 aromatic rings. The van der Waals surface area contributed by atoms with E-state index in [1.807, 2.05) is 0 Å². The molecule has 1 aliphatic heterocycles. The molecule has 3 aromatic carbocycles. The highest BCUT2D eigenvalue weighted by atomic mass is 35.5. The number of nitrogens with one attached hydrogen (secondary N) is 1. The Kier molecular flexibility index (Phi) is 8.65. The highest BCUT2D eigenvalue weighted by molar-refractivity contribution is 7.92. The van der Waals surface area contributed by atoms with Gasteiger partial charge in [-0.1, -0.05) is 11.6 Å². The Bertz CT molecular complexity index is 1600. The summed E-state index contributed by atoms with van der Waals surface area (Å²) in [5, 5.41) is 1.01. The Labute approximate surface area is 236 Å². The Hall–Kier alpha value is -3.51. The van der Waals surface area contributed by atoms with Crippen LogP contribution in [-0.4, -0.2) is 69.9 Å². The topological polar surface area (TPSA) is 103 Å². The summed E-state index contributed by atoms with van der Waals surface area (Å²) in [7, 11) is -2.50. The van der Waals surface area contributed by atoms with Crippen LogP contribution in [0.5, 0.6) is 11.5 Å². The molecule has 210 valence electrons. The van der Waals surface area contributed by atoms with E-state index in [1.54, 1.807) is 31.4 Å². The van der Waals surface area contributed by atoms with Crippen molar-refractivity contribution in [2.45, 2.75) is 11.3 Å². The molecular weight excluding hydrogens is 559 g/mol. The zero-order chi connectivity index (χ0) is 28.1. The van der Waals surface area contributed by atoms with Crippen LogP contribution in [0.3, 0.4) is 0 Å². The van der Waals surface area contributed by atoms with Crippen molar-refractivity contribution in [3.8, 4) is 22.8 Å². The third-order valence-electron chi connectivity index (χ3n) is 6.50. The van der Waals surface area contributed by atoms with Crippen LogP contribution in [0.1, 0.15) is 6.42 Å². The Balaban J connectivity index is 1.39. The summed E-state index contributed by atoms with van der Waals surface area (Å²) in [6.45, 7) is 4.64. The maximum atomic E-state index is 15.4. The van der Waals surface area contributed by atoms with Crippen LogP contribution >= 0.6 is 11.6 Å². The second-order valence-corrected chi connectivity index (χ2v) is 11.3. The first kappa shape index (κ1) is 28.0. The molecule has 0 spiro atoms. The maximum absolute atomic E-state index is 15.4. The molecule has 9 nitrogen and oxygen atoms in total. The lowest BCUT2D eigenvalue weighted by Crippen LogP contribution is -2.37. The molecule has 40 heavy (non-hydrogen) atoms. The highest BCUT2D eigenvalue weighted by Gasteiger charge is 2.20. The molecule has 0 unspecified atom stereocenters. The predicted octanol–water partition coefficient (Wildman–Crippen LogP) is 5.00. The number of ether oxygens (including phenoxy) is 3. The first-order valence-electron chi connectivity index (χ1n) is 12.7. The van der Waals surface area contributed by atoms with Gasteiger partial charge < -0.3 is 14.2 Å². The summed E-state index contributed by atoms with van der Waals surface area (Å²) in [4.78, 5) is 10.7. The summed E-state index contributed by atoms with van der Waals surface area (Å²) in [6, 6.07) is 13.3. The summed E-state index contributed by atoms with van der Waals surface area (Å²) in [5.74, 6) is 0.237. The minimum absolute atomic E-state index is 0.126. The number of halogens is 2. The van der Waals surface area contributed by atoms with E-state index >= 15 is 4.39 Å². The van der Waals surface area contributed by atoms with E-state index in [0.717, 1.165) is 45.3 Å². The zero-order valence-corrected chi connectivity index (χ0v) is 23.3. The van der Waals surface area contributed by atoms with Gasteiger partial charge in [0.15, 0.2) is 11.5 Å². The number of anilines is 1. The molecule has 1 aliphatic rings. The van der Waals surface area contributed by atoms with Crippen molar-refractivity contribution in [2.24, 2.45) is 0 Å². The molecule has 1 saturated heterocycles. The van der Waals surface area contributed by atoms with Gasteiger partial charge in [-0.15, -0.1) is 0 Å². The monoisotopic (exact) mass is 586 g/mol. The largest absolute Gasteiger partial charge is 0.493 e. The fourth-order valence-electron chi connectivity index (χ4n) is 4.43. The van der Waals surface area contributed by atoms with Crippen LogP contribution in [0.25, 0.3) is 22.2 Å². The van der Waals surface area contributed by atoms with Gasteiger partial charge in [0, 0.05) is 47.4 Å². The Morgan fingerprint density at radius 3 is 2.55 bits per heavy atom. The lowest BCUT2D eigenvalue weighted by atomic mass is 10.1. The lowest BCUT2D eigenvalue weighted by molar-refractivity contribution is 0.0357. The number of methoxy groups -OCH3 is 1. The van der Waals surface area contributed by atoms with Crippen molar-refractivity contribution in [2.75, 3.05) is 51.3 Å². The van der Waals surface area contributed by atoms with Crippen molar-refractivity contribution >= 4 is 38.2 Å². The SMILES string of the molecule is COc1cc2ncnc(-c3ccc(S(=O)(=O)Nc4ccc(Cl)cc4)cc3F)c2cc1OCCCN1CCOCC1. The number of aromatic nitrogens is 2. The number of hydrogen-bond acceptors (Lipinski definition) is 8. The predicted molar refractivity (Wildman–Crippen MR) is 151 cm³/mol. The summed E-state index contributed by atoms with van der Waals surface area (Å²) < 4.78 is 60.5. The highest BCUT2D eigenvalue weighted by Crippen LogP contribution is 2.36. The zero-order valence-electron chi connectivity index (χ0n) is 21.8. The molecule has 0 bridgehead atoms. The van der Waals surface area contributed by atoms with E-state index in [2.05, 4.69) is 19.6 Å². The van der Waals surface area contributed by atoms with Crippen molar-refractivity contribution in [1.82, 2.24) is 14.9 Å². The molecule has 0 amide bonds. The average molecular weight is 587 g/mol. The summed E-state index contributed by atoms with van der Waals surface area (Å²) in [5.41, 5.74) is 1.27. The number of morpholine rings is 1. The number of rotatable bonds is 10. The van der Waals surface area contributed by atoms with E-state index in [1.165, 1.54) is 30.6 Å². The van der Waals surface area contributed by atoms with Gasteiger partial charge in [0.1, 0.15) is 12.1 Å². The molecular formula is C28H28ClFN4O5S. The van der Waals surface area contributed by atoms with Crippen LogP contribution in [0.4, 0.5) is 10.1 Å². The van der Waals surface area contributed by atoms with Crippen molar-refractivity contribution in [3.63, 3.8) is 0 Å². The molecule has 12 heteroatoms. The molecule has 1 N–H and O–H groups in total. The van der Waals surface area contributed by atoms with Crippen LogP contribution in [0, 0.1) is 5.82 Å². The van der Waals surface area contributed by atoms with Crippen LogP contribution < -0.4 is 14.2 Å². The van der Waals surface area contributed by atoms with Gasteiger partial charge in [0.2, 0.25) is 0 Å². The second kappa shape index (κ2) is 12.3. The second-order valence-electron chi connectivity index (χ2n) is 9.15. The van der Waals surface area contributed by atoms with Gasteiger partial charge in [-0.3, -0.25) is 9.62 Å². The minimum atomic E-state index is -4.04. The number of sulfonamides is 1. The molecule has 1 aromatic heterocycles. The fraction of sp³-hybridized carbons (Fsp3) is 0.286. The maximum Gasteiger partial charge on any atom is 0.261 e. The van der Waals surface area contributed by atoms with Gasteiger partial charge in [-0.2, -0.15) is 0 Å². The average Bonchev–Trinajstić information content (AvgIpc) is 2.96. The molecule has 0 aliphatic carbocycles. The summed E-state index contributed by atoms with van der Waals surface area (Å²) >= 11 is 5.87. The van der Waals surface area contributed by atoms with Crippen LogP contribution in [0.2, 0.25) is 5.02 Å². The Morgan fingerprint density at radius 2 is 1.82 bits per heavy atom. The number of hydrogen-bond donors (Lipinski definition) is 1. The lowest BCUT2D eigenvalue weighted by Gasteiger charge is -2.26. The van der Waals surface area contributed by atoms with Crippen molar-refractivity contribution in [1.29, 1.82) is 0 Å². The van der Waals surface area contributed by atoms with E-state index in [0.29, 0.717) is 45.4 Å². The van der Waals surface area contributed by atoms with Gasteiger partial charge in [0.25, 0.3) is 10.0 Å². The van der Waals surface area contributed by atoms with Crippen LogP contribution in [-0.2, 0) is 14.8 Å². The number of benzene rings is 3. The number of nitrogens with zero attached hydrogens (tertiary/aromatic N) is 3. The molecule has 0 atom stereocenters. The van der Waals surface area contributed by atoms with Crippen molar-refractivity contribution < 1.29 is 27.0 Å². The van der Waals surface area contributed by atoms with Gasteiger partial charge in [-0.25, -0.2) is 22.8 Å². The molecule has 0 saturated carbocycles. The van der Waals surface area contributed by atoms with E-state index in [9.17, 15) is 8.42 Å². The first-order valence-corrected chi connectivity index (χ1v) is 14.5. The normalized spacial score (nSPS) is 14.3. The smallest absolute Gasteiger partial charge is 0.261 e. The third-order valence-corrected chi connectivity index (χ3v) is 8.13. The number of fused-ring (bicyclic) bond motifs is 1. The van der Waals surface area contributed by atoms with Gasteiger partial charge >= 0.3 is 0 Å². The fourth-order valence-corrected chi connectivity index (χ4v) is 5.63.